The maximum Gasteiger partial charge on any atom is 0.239 e. The molecule has 0 bridgehead atoms. The molecule has 4 N–H and O–H groups in total. The van der Waals surface area contributed by atoms with E-state index in [1.54, 1.807) is 0 Å². The highest BCUT2D eigenvalue weighted by Crippen LogP contribution is 1.98. The molecular formula is C12H22N4O2. The SMILES string of the molecule is CCC(CC#N)NC(=O)CNC(=O)[C@@H](N)C(C)C. The fraction of sp³-hybridized carbons (Fsp3) is 0.750. The number of amides is 2. The van der Waals surface area contributed by atoms with Crippen LogP contribution in [0.3, 0.4) is 0 Å². The Bertz CT molecular complexity index is 323. The summed E-state index contributed by atoms with van der Waals surface area (Å²) < 4.78 is 0. The highest BCUT2D eigenvalue weighted by atomic mass is 16.2. The van der Waals surface area contributed by atoms with Crippen LogP contribution in [0.4, 0.5) is 0 Å². The van der Waals surface area contributed by atoms with Crippen molar-refractivity contribution in [3.63, 3.8) is 0 Å². The van der Waals surface area contributed by atoms with Crippen molar-refractivity contribution in [1.29, 1.82) is 5.26 Å². The first-order valence-electron chi connectivity index (χ1n) is 6.11. The Morgan fingerprint density at radius 1 is 1.39 bits per heavy atom. The molecule has 6 heteroatoms. The molecule has 102 valence electrons. The Balaban J connectivity index is 4.04. The predicted molar refractivity (Wildman–Crippen MR) is 68.3 cm³/mol. The third-order valence-corrected chi connectivity index (χ3v) is 2.64. The van der Waals surface area contributed by atoms with Crippen LogP contribution in [0.2, 0.25) is 0 Å². The molecule has 0 aliphatic heterocycles. The smallest absolute Gasteiger partial charge is 0.239 e. The standard InChI is InChI=1S/C12H22N4O2/c1-4-9(5-6-13)16-10(17)7-15-12(18)11(14)8(2)3/h8-9,11H,4-5,7,14H2,1-3H3,(H,15,18)(H,16,17)/t9?,11-/m0/s1. The Morgan fingerprint density at radius 2 is 2.00 bits per heavy atom. The number of hydrogen-bond acceptors (Lipinski definition) is 4. The van der Waals surface area contributed by atoms with Gasteiger partial charge in [0.25, 0.3) is 0 Å². The van der Waals surface area contributed by atoms with Crippen LogP contribution in [0.5, 0.6) is 0 Å². The minimum atomic E-state index is -0.612. The van der Waals surface area contributed by atoms with Gasteiger partial charge in [-0.3, -0.25) is 9.59 Å². The quantitative estimate of drug-likeness (QED) is 0.589. The van der Waals surface area contributed by atoms with Crippen molar-refractivity contribution in [3.8, 4) is 6.07 Å². The monoisotopic (exact) mass is 254 g/mol. The molecule has 0 saturated carbocycles. The maximum absolute atomic E-state index is 11.5. The number of hydrogen-bond donors (Lipinski definition) is 3. The van der Waals surface area contributed by atoms with Crippen molar-refractivity contribution >= 4 is 11.8 Å². The Morgan fingerprint density at radius 3 is 2.44 bits per heavy atom. The first kappa shape index (κ1) is 16.4. The molecule has 0 aliphatic rings. The van der Waals surface area contributed by atoms with Crippen LogP contribution >= 0.6 is 0 Å². The summed E-state index contributed by atoms with van der Waals surface area (Å²) in [6, 6.07) is 1.22. The second-order valence-corrected chi connectivity index (χ2v) is 4.52. The summed E-state index contributed by atoms with van der Waals surface area (Å²) in [7, 11) is 0. The van der Waals surface area contributed by atoms with Gasteiger partial charge in [-0.05, 0) is 12.3 Å². The molecule has 0 saturated heterocycles. The third kappa shape index (κ3) is 6.21. The lowest BCUT2D eigenvalue weighted by Gasteiger charge is -2.17. The van der Waals surface area contributed by atoms with Gasteiger partial charge in [0.15, 0.2) is 0 Å². The predicted octanol–water partition coefficient (Wildman–Crippen LogP) is -0.106. The summed E-state index contributed by atoms with van der Waals surface area (Å²) in [6.45, 7) is 5.45. The number of nitriles is 1. The highest BCUT2D eigenvalue weighted by Gasteiger charge is 2.18. The van der Waals surface area contributed by atoms with Crippen molar-refractivity contribution in [3.05, 3.63) is 0 Å². The van der Waals surface area contributed by atoms with Crippen LogP contribution in [0.15, 0.2) is 0 Å². The third-order valence-electron chi connectivity index (χ3n) is 2.64. The van der Waals surface area contributed by atoms with E-state index in [-0.39, 0.29) is 36.7 Å². The number of nitrogens with zero attached hydrogens (tertiary/aromatic N) is 1. The van der Waals surface area contributed by atoms with E-state index in [0.29, 0.717) is 6.42 Å². The average molecular weight is 254 g/mol. The molecule has 0 spiro atoms. The Kier molecular flexibility index (Phi) is 7.72. The van der Waals surface area contributed by atoms with Crippen LogP contribution in [0.25, 0.3) is 0 Å². The zero-order valence-corrected chi connectivity index (χ0v) is 11.2. The van der Waals surface area contributed by atoms with E-state index in [9.17, 15) is 9.59 Å². The van der Waals surface area contributed by atoms with E-state index in [0.717, 1.165) is 0 Å². The second kappa shape index (κ2) is 8.48. The van der Waals surface area contributed by atoms with Gasteiger partial charge >= 0.3 is 0 Å². The average Bonchev–Trinajstić information content (AvgIpc) is 2.34. The van der Waals surface area contributed by atoms with E-state index < -0.39 is 6.04 Å². The minimum Gasteiger partial charge on any atom is -0.351 e. The van der Waals surface area contributed by atoms with E-state index in [2.05, 4.69) is 10.6 Å². The van der Waals surface area contributed by atoms with E-state index in [4.69, 9.17) is 11.0 Å². The molecule has 2 atom stereocenters. The van der Waals surface area contributed by atoms with Crippen molar-refractivity contribution in [2.75, 3.05) is 6.54 Å². The Hall–Kier alpha value is -1.61. The molecule has 0 aromatic carbocycles. The van der Waals surface area contributed by atoms with E-state index >= 15 is 0 Å². The van der Waals surface area contributed by atoms with Gasteiger partial charge in [-0.25, -0.2) is 0 Å². The van der Waals surface area contributed by atoms with E-state index in [1.165, 1.54) is 0 Å². The summed E-state index contributed by atoms with van der Waals surface area (Å²) in [4.78, 5) is 23.0. The molecule has 0 radical (unpaired) electrons. The van der Waals surface area contributed by atoms with E-state index in [1.807, 2.05) is 26.8 Å². The lowest BCUT2D eigenvalue weighted by atomic mass is 10.1. The number of rotatable bonds is 7. The first-order valence-corrected chi connectivity index (χ1v) is 6.11. The molecule has 0 aromatic heterocycles. The first-order chi connectivity index (χ1) is 8.42. The van der Waals surface area contributed by atoms with Gasteiger partial charge in [0.05, 0.1) is 25.1 Å². The van der Waals surface area contributed by atoms with Gasteiger partial charge in [0.2, 0.25) is 11.8 Å². The van der Waals surface area contributed by atoms with Gasteiger partial charge in [-0.15, -0.1) is 0 Å². The van der Waals surface area contributed by atoms with Gasteiger partial charge in [0.1, 0.15) is 0 Å². The number of nitrogens with two attached hydrogens (primary N) is 1. The summed E-state index contributed by atoms with van der Waals surface area (Å²) in [5.41, 5.74) is 5.63. The van der Waals surface area contributed by atoms with Crippen LogP contribution in [-0.2, 0) is 9.59 Å². The molecule has 0 heterocycles. The Labute approximate surface area is 108 Å². The van der Waals surface area contributed by atoms with Crippen LogP contribution in [0.1, 0.15) is 33.6 Å². The van der Waals surface area contributed by atoms with Crippen LogP contribution < -0.4 is 16.4 Å². The fourth-order valence-corrected chi connectivity index (χ4v) is 1.27. The van der Waals surface area contributed by atoms with Gasteiger partial charge < -0.3 is 16.4 Å². The lowest BCUT2D eigenvalue weighted by Crippen LogP contribution is -2.48. The molecule has 0 aliphatic carbocycles. The number of carbonyl (C=O) groups is 2. The summed E-state index contributed by atoms with van der Waals surface area (Å²) in [5, 5.41) is 13.7. The topological polar surface area (TPSA) is 108 Å². The van der Waals surface area contributed by atoms with Crippen molar-refractivity contribution in [2.24, 2.45) is 11.7 Å². The van der Waals surface area contributed by atoms with Gasteiger partial charge in [-0.2, -0.15) is 5.26 Å². The molecule has 0 aromatic rings. The van der Waals surface area contributed by atoms with Crippen molar-refractivity contribution in [1.82, 2.24) is 10.6 Å². The zero-order valence-electron chi connectivity index (χ0n) is 11.2. The second-order valence-electron chi connectivity index (χ2n) is 4.52. The molecular weight excluding hydrogens is 232 g/mol. The largest absolute Gasteiger partial charge is 0.351 e. The van der Waals surface area contributed by atoms with Crippen LogP contribution in [0, 0.1) is 17.2 Å². The molecule has 2 amide bonds. The van der Waals surface area contributed by atoms with Crippen molar-refractivity contribution < 1.29 is 9.59 Å². The van der Waals surface area contributed by atoms with Crippen molar-refractivity contribution in [2.45, 2.75) is 45.7 Å². The van der Waals surface area contributed by atoms with Gasteiger partial charge in [0, 0.05) is 6.04 Å². The summed E-state index contributed by atoms with van der Waals surface area (Å²) in [5.74, 6) is -0.620. The maximum atomic E-state index is 11.5. The molecule has 0 rings (SSSR count). The molecule has 1 unspecified atom stereocenters. The number of nitrogens with one attached hydrogen (secondary N) is 2. The fourth-order valence-electron chi connectivity index (χ4n) is 1.27. The minimum absolute atomic E-state index is 0.0232. The normalized spacial score (nSPS) is 13.6. The molecule has 0 fully saturated rings. The zero-order chi connectivity index (χ0) is 14.1. The summed E-state index contributed by atoms with van der Waals surface area (Å²) >= 11 is 0. The number of carbonyl (C=O) groups excluding carboxylic acids is 2. The summed E-state index contributed by atoms with van der Waals surface area (Å²) in [6.07, 6.45) is 0.945. The highest BCUT2D eigenvalue weighted by molar-refractivity contribution is 5.87. The lowest BCUT2D eigenvalue weighted by molar-refractivity contribution is -0.127. The van der Waals surface area contributed by atoms with Crippen LogP contribution in [-0.4, -0.2) is 30.4 Å². The van der Waals surface area contributed by atoms with Gasteiger partial charge in [-0.1, -0.05) is 20.8 Å². The molecule has 6 nitrogen and oxygen atoms in total. The molecule has 18 heavy (non-hydrogen) atoms.